The first-order chi connectivity index (χ1) is 15.0. The largest absolute Gasteiger partial charge is 0.338 e. The Morgan fingerprint density at radius 2 is 2.00 bits per heavy atom. The molecule has 0 bridgehead atoms. The van der Waals surface area contributed by atoms with Gasteiger partial charge in [-0.1, -0.05) is 0 Å². The molecule has 31 heavy (non-hydrogen) atoms. The minimum absolute atomic E-state index is 0.126. The maximum atomic E-state index is 13.1. The van der Waals surface area contributed by atoms with Crippen molar-refractivity contribution in [3.8, 4) is 11.4 Å². The van der Waals surface area contributed by atoms with Crippen LogP contribution in [0.3, 0.4) is 0 Å². The summed E-state index contributed by atoms with van der Waals surface area (Å²) in [4.78, 5) is 54.6. The normalized spacial score (nSPS) is 20.1. The molecule has 0 saturated carbocycles. The fourth-order valence-electron chi connectivity index (χ4n) is 4.90. The summed E-state index contributed by atoms with van der Waals surface area (Å²) >= 11 is 0. The van der Waals surface area contributed by atoms with Crippen LogP contribution in [0.1, 0.15) is 46.6 Å². The number of hydrogen-bond donors (Lipinski definition) is 2. The van der Waals surface area contributed by atoms with Gasteiger partial charge >= 0.3 is 0 Å². The second kappa shape index (κ2) is 7.30. The summed E-state index contributed by atoms with van der Waals surface area (Å²) in [6, 6.07) is 6.99. The molecular formula is C23H23N5O3. The molecule has 3 aromatic rings. The summed E-state index contributed by atoms with van der Waals surface area (Å²) in [6.45, 7) is 2.82. The Hall–Kier alpha value is -3.55. The van der Waals surface area contributed by atoms with Gasteiger partial charge in [-0.05, 0) is 56.9 Å². The summed E-state index contributed by atoms with van der Waals surface area (Å²) < 4.78 is 0. The van der Waals surface area contributed by atoms with E-state index in [2.05, 4.69) is 15.0 Å². The molecule has 8 heteroatoms. The van der Waals surface area contributed by atoms with Crippen molar-refractivity contribution in [2.45, 2.75) is 38.0 Å². The highest BCUT2D eigenvalue weighted by Crippen LogP contribution is 2.43. The van der Waals surface area contributed by atoms with E-state index in [1.807, 2.05) is 6.07 Å². The smallest absolute Gasteiger partial charge is 0.260 e. The number of likely N-dealkylation sites (tertiary alicyclic amines) is 1. The number of rotatable bonds is 2. The number of H-pyrrole nitrogens is 2. The number of carbonyl (C=O) groups is 1. The third-order valence-corrected chi connectivity index (χ3v) is 6.46. The molecule has 2 aliphatic rings. The highest BCUT2D eigenvalue weighted by Gasteiger charge is 2.46. The molecule has 1 unspecified atom stereocenters. The van der Waals surface area contributed by atoms with Crippen molar-refractivity contribution in [2.75, 3.05) is 13.1 Å². The number of piperidine rings is 1. The predicted molar refractivity (Wildman–Crippen MR) is 115 cm³/mol. The molecule has 1 aliphatic heterocycles. The van der Waals surface area contributed by atoms with Crippen LogP contribution in [0.5, 0.6) is 0 Å². The minimum Gasteiger partial charge on any atom is -0.338 e. The molecule has 1 fully saturated rings. The number of pyridine rings is 2. The van der Waals surface area contributed by atoms with Crippen LogP contribution in [0.25, 0.3) is 11.4 Å². The number of aromatic nitrogens is 4. The zero-order valence-electron chi connectivity index (χ0n) is 17.3. The standard InChI is InChI=1S/C23H23N5O3/c1-14-5-6-17(21(30)25-14)22(31)28-11-3-8-23(13-28)9-7-16-18(23)26-19(27-20(16)29)15-4-2-10-24-12-15/h2,4-6,10,12H,3,7-9,11,13H2,1H3,(H,25,30)(H,26,27,29). The summed E-state index contributed by atoms with van der Waals surface area (Å²) in [5.41, 5.74) is 2.24. The van der Waals surface area contributed by atoms with Crippen molar-refractivity contribution in [3.05, 3.63) is 79.9 Å². The van der Waals surface area contributed by atoms with E-state index in [-0.39, 0.29) is 28.0 Å². The summed E-state index contributed by atoms with van der Waals surface area (Å²) in [5.74, 6) is 0.225. The maximum absolute atomic E-state index is 13.1. The molecule has 8 nitrogen and oxygen atoms in total. The van der Waals surface area contributed by atoms with Crippen LogP contribution in [0.15, 0.2) is 46.2 Å². The molecular weight excluding hydrogens is 394 g/mol. The molecule has 4 heterocycles. The number of nitrogens with one attached hydrogen (secondary N) is 2. The lowest BCUT2D eigenvalue weighted by atomic mass is 9.77. The van der Waals surface area contributed by atoms with Gasteiger partial charge in [0.15, 0.2) is 0 Å². The Morgan fingerprint density at radius 1 is 1.13 bits per heavy atom. The first kappa shape index (κ1) is 19.4. The summed E-state index contributed by atoms with van der Waals surface area (Å²) in [7, 11) is 0. The Bertz CT molecular complexity index is 1280. The highest BCUT2D eigenvalue weighted by atomic mass is 16.2. The maximum Gasteiger partial charge on any atom is 0.260 e. The second-order valence-corrected chi connectivity index (χ2v) is 8.48. The van der Waals surface area contributed by atoms with E-state index in [4.69, 9.17) is 4.98 Å². The summed E-state index contributed by atoms with van der Waals surface area (Å²) in [5, 5.41) is 0. The van der Waals surface area contributed by atoms with Gasteiger partial charge in [0.05, 0.1) is 5.69 Å². The van der Waals surface area contributed by atoms with Crippen molar-refractivity contribution in [2.24, 2.45) is 0 Å². The van der Waals surface area contributed by atoms with Crippen molar-refractivity contribution in [3.63, 3.8) is 0 Å². The predicted octanol–water partition coefficient (Wildman–Crippen LogP) is 1.95. The second-order valence-electron chi connectivity index (χ2n) is 8.48. The first-order valence-electron chi connectivity index (χ1n) is 10.5. The molecule has 158 valence electrons. The Kier molecular flexibility index (Phi) is 4.57. The van der Waals surface area contributed by atoms with Gasteiger partial charge in [-0.3, -0.25) is 19.4 Å². The highest BCUT2D eigenvalue weighted by molar-refractivity contribution is 5.94. The first-order valence-corrected chi connectivity index (χ1v) is 10.5. The van der Waals surface area contributed by atoms with Gasteiger partial charge in [-0.15, -0.1) is 0 Å². The average molecular weight is 417 g/mol. The van der Waals surface area contributed by atoms with E-state index in [9.17, 15) is 14.4 Å². The third kappa shape index (κ3) is 3.28. The van der Waals surface area contributed by atoms with Crippen LogP contribution in [-0.4, -0.2) is 43.8 Å². The fraction of sp³-hybridized carbons (Fsp3) is 0.348. The van der Waals surface area contributed by atoms with E-state index in [1.54, 1.807) is 42.4 Å². The zero-order chi connectivity index (χ0) is 21.6. The van der Waals surface area contributed by atoms with E-state index in [1.165, 1.54) is 0 Å². The number of carbonyl (C=O) groups excluding carboxylic acids is 1. The topological polar surface area (TPSA) is 112 Å². The molecule has 1 spiro atoms. The van der Waals surface area contributed by atoms with E-state index in [0.29, 0.717) is 36.6 Å². The molecule has 1 aliphatic carbocycles. The van der Waals surface area contributed by atoms with Gasteiger partial charge in [-0.25, -0.2) is 4.98 Å². The molecule has 1 amide bonds. The van der Waals surface area contributed by atoms with E-state index >= 15 is 0 Å². The van der Waals surface area contributed by atoms with Gasteiger partial charge in [0, 0.05) is 47.7 Å². The Labute approximate surface area is 178 Å². The van der Waals surface area contributed by atoms with Gasteiger partial charge in [0.2, 0.25) is 0 Å². The molecule has 5 rings (SSSR count). The van der Waals surface area contributed by atoms with Gasteiger partial charge in [0.25, 0.3) is 17.0 Å². The SMILES string of the molecule is Cc1ccc(C(=O)N2CCCC3(CCc4c3nc(-c3cccnc3)[nH]c4=O)C2)c(=O)[nH]1. The fourth-order valence-corrected chi connectivity index (χ4v) is 4.90. The summed E-state index contributed by atoms with van der Waals surface area (Å²) in [6.07, 6.45) is 6.41. The van der Waals surface area contributed by atoms with Crippen molar-refractivity contribution in [1.29, 1.82) is 0 Å². The molecule has 2 N–H and O–H groups in total. The number of hydrogen-bond acceptors (Lipinski definition) is 5. The lowest BCUT2D eigenvalue weighted by molar-refractivity contribution is 0.0631. The molecule has 0 radical (unpaired) electrons. The van der Waals surface area contributed by atoms with Crippen LogP contribution in [-0.2, 0) is 11.8 Å². The van der Waals surface area contributed by atoms with Crippen LogP contribution < -0.4 is 11.1 Å². The monoisotopic (exact) mass is 417 g/mol. The number of nitrogens with zero attached hydrogens (tertiary/aromatic N) is 3. The lowest BCUT2D eigenvalue weighted by Gasteiger charge is -2.40. The number of aromatic amines is 2. The van der Waals surface area contributed by atoms with Crippen molar-refractivity contribution in [1.82, 2.24) is 24.8 Å². The Balaban J connectivity index is 1.52. The molecule has 1 saturated heterocycles. The molecule has 3 aromatic heterocycles. The van der Waals surface area contributed by atoms with Crippen LogP contribution in [0.4, 0.5) is 0 Å². The van der Waals surface area contributed by atoms with E-state index in [0.717, 1.165) is 30.5 Å². The van der Waals surface area contributed by atoms with Crippen molar-refractivity contribution >= 4 is 5.91 Å². The van der Waals surface area contributed by atoms with Crippen LogP contribution >= 0.6 is 0 Å². The van der Waals surface area contributed by atoms with Gasteiger partial charge in [-0.2, -0.15) is 0 Å². The number of fused-ring (bicyclic) bond motifs is 2. The molecule has 1 atom stereocenters. The minimum atomic E-state index is -0.370. The van der Waals surface area contributed by atoms with Crippen LogP contribution in [0.2, 0.25) is 0 Å². The Morgan fingerprint density at radius 3 is 2.77 bits per heavy atom. The van der Waals surface area contributed by atoms with Gasteiger partial charge in [0.1, 0.15) is 11.4 Å². The average Bonchev–Trinajstić information content (AvgIpc) is 3.12. The van der Waals surface area contributed by atoms with Gasteiger partial charge < -0.3 is 14.9 Å². The van der Waals surface area contributed by atoms with Crippen LogP contribution in [0, 0.1) is 6.92 Å². The third-order valence-electron chi connectivity index (χ3n) is 6.46. The lowest BCUT2D eigenvalue weighted by Crippen LogP contribution is -2.49. The van der Waals surface area contributed by atoms with E-state index < -0.39 is 0 Å². The van der Waals surface area contributed by atoms with Crippen molar-refractivity contribution < 1.29 is 4.79 Å². The zero-order valence-corrected chi connectivity index (χ0v) is 17.3. The molecule has 0 aromatic carbocycles. The quantitative estimate of drug-likeness (QED) is 0.662. The number of aryl methyl sites for hydroxylation is 1. The number of amides is 1.